The molecule has 2 N–H and O–H groups in total. The SMILES string of the molecule is O=C(O)C(F)(F)F.O=C(O)C(F)(F)F.O=C1COC2(CCN(Cc3ccccn3)CC2)CN1c1cccnc1. The van der Waals surface area contributed by atoms with Gasteiger partial charge in [0.2, 0.25) is 0 Å². The molecule has 0 saturated carbocycles. The number of carbonyl (C=O) groups is 3. The van der Waals surface area contributed by atoms with Crippen LogP contribution in [0.5, 0.6) is 0 Å². The summed E-state index contributed by atoms with van der Waals surface area (Å²) in [6, 6.07) is 9.81. The van der Waals surface area contributed by atoms with E-state index in [0.717, 1.165) is 43.9 Å². The molecule has 0 unspecified atom stereocenters. The van der Waals surface area contributed by atoms with Gasteiger partial charge in [-0.25, -0.2) is 9.59 Å². The van der Waals surface area contributed by atoms with Crippen molar-refractivity contribution in [2.45, 2.75) is 37.3 Å². The molecular formula is C23H24F6N4O6. The molecule has 0 aliphatic carbocycles. The summed E-state index contributed by atoms with van der Waals surface area (Å²) in [7, 11) is 0. The van der Waals surface area contributed by atoms with Gasteiger partial charge in [-0.15, -0.1) is 0 Å². The predicted octanol–water partition coefficient (Wildman–Crippen LogP) is 3.14. The third-order valence-electron chi connectivity index (χ3n) is 5.57. The molecule has 0 radical (unpaired) electrons. The van der Waals surface area contributed by atoms with Crippen LogP contribution in [-0.4, -0.2) is 87.1 Å². The number of piperidine rings is 1. The highest BCUT2D eigenvalue weighted by atomic mass is 19.4. The maximum atomic E-state index is 12.3. The smallest absolute Gasteiger partial charge is 0.475 e. The van der Waals surface area contributed by atoms with E-state index in [2.05, 4.69) is 20.9 Å². The number of alkyl halides is 6. The van der Waals surface area contributed by atoms with Gasteiger partial charge in [-0.3, -0.25) is 19.7 Å². The number of aliphatic carboxylic acids is 2. The molecule has 10 nitrogen and oxygen atoms in total. The van der Waals surface area contributed by atoms with Crippen LogP contribution in [0.3, 0.4) is 0 Å². The topological polar surface area (TPSA) is 133 Å². The Bertz CT molecular complexity index is 1070. The molecule has 4 rings (SSSR count). The van der Waals surface area contributed by atoms with Crippen LogP contribution in [0.4, 0.5) is 32.0 Å². The summed E-state index contributed by atoms with van der Waals surface area (Å²) < 4.78 is 69.5. The molecule has 2 saturated heterocycles. The summed E-state index contributed by atoms with van der Waals surface area (Å²) in [6.45, 7) is 3.52. The predicted molar refractivity (Wildman–Crippen MR) is 121 cm³/mol. The van der Waals surface area contributed by atoms with Crippen molar-refractivity contribution in [1.29, 1.82) is 0 Å². The Labute approximate surface area is 217 Å². The van der Waals surface area contributed by atoms with E-state index in [9.17, 15) is 31.1 Å². The number of hydrogen-bond acceptors (Lipinski definition) is 7. The zero-order valence-corrected chi connectivity index (χ0v) is 20.2. The van der Waals surface area contributed by atoms with Crippen molar-refractivity contribution in [2.24, 2.45) is 0 Å². The van der Waals surface area contributed by atoms with Crippen LogP contribution in [0.1, 0.15) is 18.5 Å². The molecule has 214 valence electrons. The van der Waals surface area contributed by atoms with Gasteiger partial charge in [0, 0.05) is 32.0 Å². The Kier molecular flexibility index (Phi) is 10.7. The van der Waals surface area contributed by atoms with E-state index in [-0.39, 0.29) is 18.1 Å². The van der Waals surface area contributed by atoms with Crippen LogP contribution >= 0.6 is 0 Å². The molecular weight excluding hydrogens is 542 g/mol. The van der Waals surface area contributed by atoms with Gasteiger partial charge >= 0.3 is 24.3 Å². The lowest BCUT2D eigenvalue weighted by molar-refractivity contribution is -0.193. The van der Waals surface area contributed by atoms with Crippen molar-refractivity contribution in [3.8, 4) is 0 Å². The number of likely N-dealkylation sites (tertiary alicyclic amines) is 1. The number of hydrogen-bond donors (Lipinski definition) is 2. The number of anilines is 1. The highest BCUT2D eigenvalue weighted by Gasteiger charge is 2.43. The van der Waals surface area contributed by atoms with Gasteiger partial charge in [0.15, 0.2) is 0 Å². The number of carboxylic acid groups (broad SMARTS) is 2. The summed E-state index contributed by atoms with van der Waals surface area (Å²) in [5, 5.41) is 14.2. The third kappa shape index (κ3) is 10.1. The minimum absolute atomic E-state index is 0.00883. The molecule has 1 spiro atoms. The first kappa shape index (κ1) is 31.4. The number of ether oxygens (including phenoxy) is 1. The minimum atomic E-state index is -5.08. The van der Waals surface area contributed by atoms with Gasteiger partial charge in [0.25, 0.3) is 5.91 Å². The molecule has 2 aromatic heterocycles. The van der Waals surface area contributed by atoms with Crippen LogP contribution in [0, 0.1) is 0 Å². The largest absolute Gasteiger partial charge is 0.490 e. The fourth-order valence-corrected chi connectivity index (χ4v) is 3.61. The van der Waals surface area contributed by atoms with E-state index in [1.54, 1.807) is 12.4 Å². The van der Waals surface area contributed by atoms with E-state index in [4.69, 9.17) is 24.5 Å². The lowest BCUT2D eigenvalue weighted by atomic mass is 9.89. The standard InChI is InChI=1S/C19H22N4O2.2C2HF3O2/c24-18-14-25-19(15-23(18)17-5-3-8-20-12-17)6-10-22(11-7-19)13-16-4-1-2-9-21-16;2*3-2(4,5)1(6)7/h1-5,8-9,12H,6-7,10-11,13-15H2;2*(H,6,7). The summed E-state index contributed by atoms with van der Waals surface area (Å²) >= 11 is 0. The monoisotopic (exact) mass is 566 g/mol. The summed E-state index contributed by atoms with van der Waals surface area (Å²) in [5.74, 6) is -5.51. The normalized spacial score (nSPS) is 17.4. The Hall–Kier alpha value is -3.79. The average molecular weight is 566 g/mol. The Morgan fingerprint density at radius 2 is 1.54 bits per heavy atom. The third-order valence-corrected chi connectivity index (χ3v) is 5.57. The van der Waals surface area contributed by atoms with E-state index >= 15 is 0 Å². The number of aromatic nitrogens is 2. The second kappa shape index (κ2) is 13.3. The molecule has 2 fully saturated rings. The molecule has 0 atom stereocenters. The Balaban J connectivity index is 0.000000317. The van der Waals surface area contributed by atoms with Gasteiger partial charge in [-0.1, -0.05) is 6.07 Å². The van der Waals surface area contributed by atoms with Crippen molar-refractivity contribution in [1.82, 2.24) is 14.9 Å². The molecule has 16 heteroatoms. The number of nitrogens with zero attached hydrogens (tertiary/aromatic N) is 4. The van der Waals surface area contributed by atoms with Crippen molar-refractivity contribution in [3.63, 3.8) is 0 Å². The lowest BCUT2D eigenvalue weighted by Crippen LogP contribution is -2.58. The number of morpholine rings is 1. The first-order valence-electron chi connectivity index (χ1n) is 11.2. The first-order chi connectivity index (χ1) is 18.1. The van der Waals surface area contributed by atoms with Crippen molar-refractivity contribution in [3.05, 3.63) is 54.6 Å². The van der Waals surface area contributed by atoms with Crippen molar-refractivity contribution < 1.29 is 55.7 Å². The van der Waals surface area contributed by atoms with Gasteiger partial charge in [0.05, 0.1) is 29.7 Å². The van der Waals surface area contributed by atoms with Gasteiger partial charge in [0.1, 0.15) is 6.61 Å². The summed E-state index contributed by atoms with van der Waals surface area (Å²) in [6.07, 6.45) is -3.02. The molecule has 2 aliphatic rings. The number of rotatable bonds is 3. The molecule has 0 bridgehead atoms. The molecule has 2 aromatic rings. The van der Waals surface area contributed by atoms with Crippen LogP contribution in [0.15, 0.2) is 48.9 Å². The highest BCUT2D eigenvalue weighted by Crippen LogP contribution is 2.32. The summed E-state index contributed by atoms with van der Waals surface area (Å²) in [4.78, 5) is 42.8. The van der Waals surface area contributed by atoms with Gasteiger partial charge in [-0.05, 0) is 37.1 Å². The zero-order valence-electron chi connectivity index (χ0n) is 20.2. The molecule has 1 amide bonds. The molecule has 0 aromatic carbocycles. The maximum absolute atomic E-state index is 12.3. The lowest BCUT2D eigenvalue weighted by Gasteiger charge is -2.46. The summed E-state index contributed by atoms with van der Waals surface area (Å²) in [5.41, 5.74) is 1.70. The zero-order chi connectivity index (χ0) is 29.3. The highest BCUT2D eigenvalue weighted by molar-refractivity contribution is 5.95. The van der Waals surface area contributed by atoms with Crippen LogP contribution in [0.25, 0.3) is 0 Å². The van der Waals surface area contributed by atoms with Crippen LogP contribution in [0.2, 0.25) is 0 Å². The molecule has 39 heavy (non-hydrogen) atoms. The Morgan fingerprint density at radius 1 is 0.949 bits per heavy atom. The number of halogens is 6. The number of carboxylic acids is 2. The van der Waals surface area contributed by atoms with Crippen LogP contribution < -0.4 is 4.90 Å². The number of carbonyl (C=O) groups excluding carboxylic acids is 1. The van der Waals surface area contributed by atoms with Gasteiger partial charge < -0.3 is 19.8 Å². The van der Waals surface area contributed by atoms with Crippen molar-refractivity contribution in [2.75, 3.05) is 31.1 Å². The average Bonchev–Trinajstić information content (AvgIpc) is 2.88. The maximum Gasteiger partial charge on any atom is 0.490 e. The van der Waals surface area contributed by atoms with E-state index in [1.807, 2.05) is 35.4 Å². The molecule has 4 heterocycles. The van der Waals surface area contributed by atoms with Gasteiger partial charge in [-0.2, -0.15) is 26.3 Å². The second-order valence-electron chi connectivity index (χ2n) is 8.37. The van der Waals surface area contributed by atoms with E-state index in [1.165, 1.54) is 0 Å². The Morgan fingerprint density at radius 3 is 2.00 bits per heavy atom. The van der Waals surface area contributed by atoms with Crippen molar-refractivity contribution >= 4 is 23.5 Å². The quantitative estimate of drug-likeness (QED) is 0.538. The fraction of sp³-hybridized carbons (Fsp3) is 0.435. The second-order valence-corrected chi connectivity index (χ2v) is 8.37. The first-order valence-corrected chi connectivity index (χ1v) is 11.2. The van der Waals surface area contributed by atoms with E-state index < -0.39 is 24.3 Å². The fourth-order valence-electron chi connectivity index (χ4n) is 3.61. The molecule has 2 aliphatic heterocycles. The number of pyridine rings is 2. The minimum Gasteiger partial charge on any atom is -0.475 e. The van der Waals surface area contributed by atoms with E-state index in [0.29, 0.717) is 6.54 Å². The number of amides is 1. The van der Waals surface area contributed by atoms with Crippen LogP contribution in [-0.2, 0) is 25.7 Å².